The van der Waals surface area contributed by atoms with Crippen LogP contribution in [0.25, 0.3) is 11.2 Å². The van der Waals surface area contributed by atoms with Gasteiger partial charge in [-0.15, -0.1) is 0 Å². The molecule has 5 rings (SSSR count). The van der Waals surface area contributed by atoms with Gasteiger partial charge in [0.25, 0.3) is 0 Å². The summed E-state index contributed by atoms with van der Waals surface area (Å²) in [4.78, 5) is 28.8. The molecule has 0 aliphatic carbocycles. The summed E-state index contributed by atoms with van der Waals surface area (Å²) in [5.41, 5.74) is 0.313. The average Bonchev–Trinajstić information content (AvgIpc) is 3.27. The minimum atomic E-state index is -4.53. The smallest absolute Gasteiger partial charge is 0.406 e. The van der Waals surface area contributed by atoms with Gasteiger partial charge >= 0.3 is 11.7 Å². The summed E-state index contributed by atoms with van der Waals surface area (Å²) in [6, 6.07) is 13.7. The van der Waals surface area contributed by atoms with Gasteiger partial charge in [0.2, 0.25) is 5.95 Å². The van der Waals surface area contributed by atoms with Crippen molar-refractivity contribution >= 4 is 34.4 Å². The summed E-state index contributed by atoms with van der Waals surface area (Å²) in [6.07, 6.45) is 0.882. The van der Waals surface area contributed by atoms with Crippen LogP contribution in [-0.4, -0.2) is 35.2 Å². The van der Waals surface area contributed by atoms with E-state index in [1.54, 1.807) is 53.1 Å². The number of nitrogens with zero attached hydrogens (tertiary/aromatic N) is 6. The van der Waals surface area contributed by atoms with E-state index in [0.717, 1.165) is 16.5 Å². The number of hydrogen-bond acceptors (Lipinski definition) is 7. The van der Waals surface area contributed by atoms with Gasteiger partial charge in [-0.2, -0.15) is 18.2 Å². The Balaban J connectivity index is 1.51. The van der Waals surface area contributed by atoms with Crippen molar-refractivity contribution in [1.82, 2.24) is 29.1 Å². The van der Waals surface area contributed by atoms with Crippen molar-refractivity contribution in [3.8, 4) is 11.5 Å². The monoisotopic (exact) mass is 527 g/mol. The van der Waals surface area contributed by atoms with Gasteiger partial charge in [-0.05, 0) is 42.0 Å². The van der Waals surface area contributed by atoms with E-state index in [0.29, 0.717) is 22.2 Å². The highest BCUT2D eigenvalue weighted by Crippen LogP contribution is 2.26. The van der Waals surface area contributed by atoms with Crippen LogP contribution in [0.5, 0.6) is 11.5 Å². The summed E-state index contributed by atoms with van der Waals surface area (Å²) in [7, 11) is 0. The molecule has 0 bridgehead atoms. The lowest BCUT2D eigenvalue weighted by molar-refractivity contribution is -0.140. The van der Waals surface area contributed by atoms with E-state index in [9.17, 15) is 18.0 Å². The Morgan fingerprint density at radius 2 is 1.68 bits per heavy atom. The molecule has 37 heavy (non-hydrogen) atoms. The standard InChI is InChI=1S/C24H17ClF3N7O2/c25-16-3-1-15(2-4-16)11-35-21-20(34(14-31-21)12-24(26,27)28)22(36)33-23(35)32-17-5-7-18(8-6-17)37-19-9-29-13-30-10-19/h1-10,13-14H,11-12H2,(H,32,33,36). The Morgan fingerprint density at radius 1 is 0.973 bits per heavy atom. The Morgan fingerprint density at radius 3 is 2.35 bits per heavy atom. The van der Waals surface area contributed by atoms with Crippen LogP contribution in [0.1, 0.15) is 5.56 Å². The Hall–Kier alpha value is -4.45. The first-order valence-electron chi connectivity index (χ1n) is 10.8. The lowest BCUT2D eigenvalue weighted by Crippen LogP contribution is -2.23. The molecule has 3 aromatic heterocycles. The van der Waals surface area contributed by atoms with Gasteiger partial charge in [0.05, 0.1) is 25.3 Å². The summed E-state index contributed by atoms with van der Waals surface area (Å²) < 4.78 is 47.2. The van der Waals surface area contributed by atoms with Gasteiger partial charge in [0.15, 0.2) is 16.9 Å². The van der Waals surface area contributed by atoms with E-state index < -0.39 is 18.3 Å². The summed E-state index contributed by atoms with van der Waals surface area (Å²) >= 11 is 5.99. The zero-order valence-electron chi connectivity index (χ0n) is 18.9. The predicted molar refractivity (Wildman–Crippen MR) is 130 cm³/mol. The van der Waals surface area contributed by atoms with Crippen molar-refractivity contribution in [2.45, 2.75) is 19.3 Å². The number of imidazole rings is 1. The molecule has 0 unspecified atom stereocenters. The van der Waals surface area contributed by atoms with E-state index in [1.807, 2.05) is 0 Å². The summed E-state index contributed by atoms with van der Waals surface area (Å²) in [6.45, 7) is -1.19. The fraction of sp³-hybridized carbons (Fsp3) is 0.125. The molecule has 5 aromatic rings. The first kappa shape index (κ1) is 24.3. The van der Waals surface area contributed by atoms with Crippen molar-refractivity contribution in [3.05, 3.63) is 94.5 Å². The van der Waals surface area contributed by atoms with Gasteiger partial charge in [-0.25, -0.2) is 15.0 Å². The minimum absolute atomic E-state index is 0.0609. The Labute approximate surface area is 212 Å². The molecule has 3 heterocycles. The zero-order chi connectivity index (χ0) is 26.0. The van der Waals surface area contributed by atoms with E-state index in [1.165, 1.54) is 18.7 Å². The third-order valence-corrected chi connectivity index (χ3v) is 5.48. The molecule has 0 aliphatic rings. The molecule has 0 saturated heterocycles. The second-order valence-electron chi connectivity index (χ2n) is 7.94. The number of halogens is 4. The number of ether oxygens (including phenoxy) is 1. The molecule has 9 nitrogen and oxygen atoms in total. The van der Waals surface area contributed by atoms with Crippen LogP contribution in [0.2, 0.25) is 5.02 Å². The van der Waals surface area contributed by atoms with Gasteiger partial charge in [-0.3, -0.25) is 9.36 Å². The third-order valence-electron chi connectivity index (χ3n) is 5.23. The maximum Gasteiger partial charge on any atom is 0.406 e. The normalized spacial score (nSPS) is 11.6. The molecule has 0 fully saturated rings. The van der Waals surface area contributed by atoms with Crippen LogP contribution in [0.3, 0.4) is 0 Å². The van der Waals surface area contributed by atoms with E-state index >= 15 is 0 Å². The van der Waals surface area contributed by atoms with E-state index in [-0.39, 0.29) is 23.7 Å². The molecule has 0 radical (unpaired) electrons. The molecule has 13 heteroatoms. The predicted octanol–water partition coefficient (Wildman–Crippen LogP) is 5.18. The summed E-state index contributed by atoms with van der Waals surface area (Å²) in [5, 5.41) is 3.59. The molecule has 0 spiro atoms. The number of nitrogens with one attached hydrogen (secondary N) is 1. The van der Waals surface area contributed by atoms with Crippen LogP contribution in [0.15, 0.2) is 78.4 Å². The van der Waals surface area contributed by atoms with Gasteiger partial charge in [0, 0.05) is 10.7 Å². The highest BCUT2D eigenvalue weighted by Gasteiger charge is 2.30. The van der Waals surface area contributed by atoms with Crippen LogP contribution in [-0.2, 0) is 13.1 Å². The van der Waals surface area contributed by atoms with Crippen LogP contribution >= 0.6 is 11.6 Å². The fourth-order valence-corrected chi connectivity index (χ4v) is 3.76. The lowest BCUT2D eigenvalue weighted by atomic mass is 10.2. The second-order valence-corrected chi connectivity index (χ2v) is 8.38. The van der Waals surface area contributed by atoms with Crippen molar-refractivity contribution in [2.75, 3.05) is 5.32 Å². The topological polar surface area (TPSA) is 99.8 Å². The van der Waals surface area contributed by atoms with Crippen LogP contribution in [0, 0.1) is 0 Å². The SMILES string of the molecule is O=c1nc(Nc2ccc(Oc3cncnc3)cc2)n(Cc2ccc(Cl)cc2)c2ncn(CC(F)(F)F)c12. The molecule has 0 amide bonds. The van der Waals surface area contributed by atoms with Crippen molar-refractivity contribution in [2.24, 2.45) is 0 Å². The molecule has 0 aliphatic heterocycles. The molecular weight excluding hydrogens is 511 g/mol. The van der Waals surface area contributed by atoms with E-state index in [2.05, 4.69) is 25.3 Å². The third kappa shape index (κ3) is 5.70. The quantitative estimate of drug-likeness (QED) is 0.311. The number of benzene rings is 2. The Kier molecular flexibility index (Phi) is 6.49. The second kappa shape index (κ2) is 9.90. The average molecular weight is 528 g/mol. The van der Waals surface area contributed by atoms with Crippen molar-refractivity contribution in [1.29, 1.82) is 0 Å². The van der Waals surface area contributed by atoms with Crippen molar-refractivity contribution < 1.29 is 17.9 Å². The zero-order valence-corrected chi connectivity index (χ0v) is 19.6. The highest BCUT2D eigenvalue weighted by molar-refractivity contribution is 6.30. The Bertz CT molecular complexity index is 1590. The number of hydrogen-bond donors (Lipinski definition) is 1. The molecular formula is C24H17ClF3N7O2. The number of rotatable bonds is 7. The molecule has 0 saturated carbocycles. The van der Waals surface area contributed by atoms with Gasteiger partial charge < -0.3 is 14.6 Å². The summed E-state index contributed by atoms with van der Waals surface area (Å²) in [5.74, 6) is 1.09. The van der Waals surface area contributed by atoms with Crippen molar-refractivity contribution in [3.63, 3.8) is 0 Å². The maximum absolute atomic E-state index is 13.1. The largest absolute Gasteiger partial charge is 0.454 e. The van der Waals surface area contributed by atoms with Gasteiger partial charge in [-0.1, -0.05) is 23.7 Å². The molecule has 188 valence electrons. The number of fused-ring (bicyclic) bond motifs is 1. The number of aromatic nitrogens is 6. The fourth-order valence-electron chi connectivity index (χ4n) is 3.64. The van der Waals surface area contributed by atoms with Gasteiger partial charge in [0.1, 0.15) is 18.6 Å². The number of anilines is 2. The first-order valence-corrected chi connectivity index (χ1v) is 11.2. The lowest BCUT2D eigenvalue weighted by Gasteiger charge is -2.16. The maximum atomic E-state index is 13.1. The highest BCUT2D eigenvalue weighted by atomic mass is 35.5. The molecule has 1 N–H and O–H groups in total. The van der Waals surface area contributed by atoms with Crippen LogP contribution < -0.4 is 15.6 Å². The van der Waals surface area contributed by atoms with E-state index in [4.69, 9.17) is 16.3 Å². The van der Waals surface area contributed by atoms with Crippen LogP contribution in [0.4, 0.5) is 24.8 Å². The minimum Gasteiger partial charge on any atom is -0.454 e. The molecule has 0 atom stereocenters. The molecule has 2 aromatic carbocycles. The number of alkyl halides is 3. The first-order chi connectivity index (χ1) is 17.7.